The first-order chi connectivity index (χ1) is 12.8. The van der Waals surface area contributed by atoms with Crippen LogP contribution in [0.25, 0.3) is 0 Å². The number of nitrogens with one attached hydrogen (secondary N) is 1. The van der Waals surface area contributed by atoms with E-state index >= 15 is 0 Å². The second-order valence-electron chi connectivity index (χ2n) is 7.81. The minimum atomic E-state index is -0.303. The van der Waals surface area contributed by atoms with Gasteiger partial charge in [0, 0.05) is 11.4 Å². The molecule has 0 fully saturated rings. The zero-order valence-electron chi connectivity index (χ0n) is 16.5. The number of nitrogens with zero attached hydrogens (tertiary/aromatic N) is 1. The van der Waals surface area contributed by atoms with Gasteiger partial charge in [-0.15, -0.1) is 0 Å². The normalized spacial score (nSPS) is 14.4. The molecule has 0 unspecified atom stereocenters. The maximum atomic E-state index is 12.6. The lowest BCUT2D eigenvalue weighted by molar-refractivity contribution is 0.441. The van der Waals surface area contributed by atoms with Gasteiger partial charge in [0.25, 0.3) is 5.56 Å². The van der Waals surface area contributed by atoms with Crippen LogP contribution in [0.1, 0.15) is 55.7 Å². The summed E-state index contributed by atoms with van der Waals surface area (Å²) in [7, 11) is 0. The third kappa shape index (κ3) is 4.64. The number of benzene rings is 1. The van der Waals surface area contributed by atoms with Gasteiger partial charge in [0.05, 0.1) is 10.6 Å². The third-order valence-corrected chi connectivity index (χ3v) is 6.14. The molecule has 0 radical (unpaired) electrons. The highest BCUT2D eigenvalue weighted by molar-refractivity contribution is 7.99. The van der Waals surface area contributed by atoms with Crippen molar-refractivity contribution in [3.63, 3.8) is 0 Å². The molecular formula is C22H28N2O2S. The predicted octanol–water partition coefficient (Wildman–Crippen LogP) is 4.78. The molecule has 0 bridgehead atoms. The third-order valence-electron chi connectivity index (χ3n) is 5.04. The van der Waals surface area contributed by atoms with Gasteiger partial charge in [-0.2, -0.15) is 0 Å². The first-order valence-corrected chi connectivity index (χ1v) is 10.4. The van der Waals surface area contributed by atoms with E-state index < -0.39 is 0 Å². The first-order valence-electron chi connectivity index (χ1n) is 9.63. The molecule has 0 saturated heterocycles. The lowest BCUT2D eigenvalue weighted by Gasteiger charge is -2.19. The average molecular weight is 385 g/mol. The van der Waals surface area contributed by atoms with Crippen molar-refractivity contribution in [1.82, 2.24) is 9.55 Å². The lowest BCUT2D eigenvalue weighted by Crippen LogP contribution is -2.34. The maximum absolute atomic E-state index is 12.6. The van der Waals surface area contributed by atoms with Crippen molar-refractivity contribution in [3.8, 4) is 0 Å². The first kappa shape index (κ1) is 19.7. The monoisotopic (exact) mass is 384 g/mol. The molecule has 1 N–H and O–H groups in total. The van der Waals surface area contributed by atoms with Crippen molar-refractivity contribution in [2.24, 2.45) is 5.92 Å². The second-order valence-corrected chi connectivity index (χ2v) is 8.87. The van der Waals surface area contributed by atoms with E-state index in [-0.39, 0.29) is 17.2 Å². The minimum Gasteiger partial charge on any atom is -0.287 e. The molecule has 1 aliphatic carbocycles. The van der Waals surface area contributed by atoms with Crippen LogP contribution in [0.3, 0.4) is 0 Å². The molecule has 0 atom stereocenters. The van der Waals surface area contributed by atoms with Crippen LogP contribution in [0.15, 0.2) is 49.9 Å². The van der Waals surface area contributed by atoms with E-state index in [1.54, 1.807) is 4.57 Å². The summed E-state index contributed by atoms with van der Waals surface area (Å²) in [5.74, 6) is 0.632. The molecule has 1 aromatic carbocycles. The van der Waals surface area contributed by atoms with E-state index in [0.717, 1.165) is 29.2 Å². The highest BCUT2D eigenvalue weighted by atomic mass is 32.2. The van der Waals surface area contributed by atoms with Gasteiger partial charge < -0.3 is 0 Å². The van der Waals surface area contributed by atoms with Gasteiger partial charge in [-0.25, -0.2) is 4.79 Å². The Kier molecular flexibility index (Phi) is 6.10. The van der Waals surface area contributed by atoms with Gasteiger partial charge in [0.1, 0.15) is 0 Å². The van der Waals surface area contributed by atoms with Gasteiger partial charge in [0.2, 0.25) is 0 Å². The summed E-state index contributed by atoms with van der Waals surface area (Å²) in [5, 5.41) is 0.787. The van der Waals surface area contributed by atoms with E-state index in [2.05, 4.69) is 49.2 Å². The van der Waals surface area contributed by atoms with E-state index in [1.807, 2.05) is 13.8 Å². The quantitative estimate of drug-likeness (QED) is 0.576. The van der Waals surface area contributed by atoms with Crippen molar-refractivity contribution in [2.45, 2.75) is 69.3 Å². The number of hydrogen-bond acceptors (Lipinski definition) is 3. The van der Waals surface area contributed by atoms with Crippen LogP contribution in [-0.4, -0.2) is 9.55 Å². The Labute approximate surface area is 164 Å². The zero-order valence-corrected chi connectivity index (χ0v) is 17.4. The van der Waals surface area contributed by atoms with Gasteiger partial charge in [-0.1, -0.05) is 43.8 Å². The van der Waals surface area contributed by atoms with E-state index in [0.29, 0.717) is 18.0 Å². The Bertz CT molecular complexity index is 941. The molecule has 4 nitrogen and oxygen atoms in total. The Morgan fingerprint density at radius 1 is 1.11 bits per heavy atom. The topological polar surface area (TPSA) is 54.9 Å². The van der Waals surface area contributed by atoms with Crippen molar-refractivity contribution in [2.75, 3.05) is 0 Å². The fourth-order valence-corrected chi connectivity index (χ4v) is 5.15. The molecule has 0 amide bonds. The molecule has 0 spiro atoms. The number of allylic oxidation sites excluding steroid dienone is 2. The van der Waals surface area contributed by atoms with E-state index in [9.17, 15) is 9.59 Å². The highest BCUT2D eigenvalue weighted by Gasteiger charge is 2.20. The summed E-state index contributed by atoms with van der Waals surface area (Å²) in [6.07, 6.45) is 7.52. The number of aromatic nitrogens is 2. The standard InChI is InChI=1S/C22H28N2O2S/c1-14(2)19-20(25)23-22(26)24(10-9-17-7-5-6-8-17)21(19)27-18-12-15(3)11-16(4)13-18/h5-6,11-14,17H,7-10H2,1-4H3,(H,23,25,26). The molecule has 27 heavy (non-hydrogen) atoms. The van der Waals surface area contributed by atoms with Crippen LogP contribution < -0.4 is 11.2 Å². The van der Waals surface area contributed by atoms with Crippen LogP contribution in [-0.2, 0) is 6.54 Å². The summed E-state index contributed by atoms with van der Waals surface area (Å²) in [6.45, 7) is 8.78. The van der Waals surface area contributed by atoms with E-state index in [1.165, 1.54) is 22.9 Å². The van der Waals surface area contributed by atoms with Crippen LogP contribution in [0.4, 0.5) is 0 Å². The second kappa shape index (κ2) is 8.34. The number of rotatable bonds is 6. The van der Waals surface area contributed by atoms with Crippen LogP contribution >= 0.6 is 11.8 Å². The predicted molar refractivity (Wildman–Crippen MR) is 112 cm³/mol. The molecular weight excluding hydrogens is 356 g/mol. The summed E-state index contributed by atoms with van der Waals surface area (Å²) in [4.78, 5) is 28.8. The Hall–Kier alpha value is -2.01. The number of aromatic amines is 1. The van der Waals surface area contributed by atoms with E-state index in [4.69, 9.17) is 0 Å². The molecule has 3 rings (SSSR count). The van der Waals surface area contributed by atoms with Crippen molar-refractivity contribution in [3.05, 3.63) is 67.9 Å². The fourth-order valence-electron chi connectivity index (χ4n) is 3.71. The molecule has 0 aliphatic heterocycles. The molecule has 0 saturated carbocycles. The van der Waals surface area contributed by atoms with Gasteiger partial charge >= 0.3 is 5.69 Å². The SMILES string of the molecule is Cc1cc(C)cc(Sc2c(C(C)C)c(=O)[nH]c(=O)n2CCC2CC=CC2)c1. The smallest absolute Gasteiger partial charge is 0.287 e. The fraction of sp³-hybridized carbons (Fsp3) is 0.455. The molecule has 1 aromatic heterocycles. The molecule has 1 heterocycles. The van der Waals surface area contributed by atoms with Crippen LogP contribution in [0, 0.1) is 19.8 Å². The largest absolute Gasteiger partial charge is 0.329 e. The molecule has 144 valence electrons. The average Bonchev–Trinajstić information content (AvgIpc) is 3.06. The summed E-state index contributed by atoms with van der Waals surface area (Å²) in [6, 6.07) is 6.35. The van der Waals surface area contributed by atoms with Gasteiger partial charge in [-0.3, -0.25) is 14.3 Å². The molecule has 5 heteroatoms. The zero-order chi connectivity index (χ0) is 19.6. The number of H-pyrrole nitrogens is 1. The summed E-state index contributed by atoms with van der Waals surface area (Å²) < 4.78 is 1.78. The molecule has 2 aromatic rings. The van der Waals surface area contributed by atoms with Crippen molar-refractivity contribution in [1.29, 1.82) is 0 Å². The summed E-state index contributed by atoms with van der Waals surface area (Å²) in [5.41, 5.74) is 2.49. The Balaban J connectivity index is 2.03. The Morgan fingerprint density at radius 2 is 1.74 bits per heavy atom. The Morgan fingerprint density at radius 3 is 2.33 bits per heavy atom. The molecule has 1 aliphatic rings. The van der Waals surface area contributed by atoms with Crippen LogP contribution in [0.5, 0.6) is 0 Å². The summed E-state index contributed by atoms with van der Waals surface area (Å²) >= 11 is 1.54. The highest BCUT2D eigenvalue weighted by Crippen LogP contribution is 2.33. The van der Waals surface area contributed by atoms with Crippen LogP contribution in [0.2, 0.25) is 0 Å². The number of aryl methyl sites for hydroxylation is 2. The number of hydrogen-bond donors (Lipinski definition) is 1. The van der Waals surface area contributed by atoms with Gasteiger partial charge in [-0.05, 0) is 68.2 Å². The van der Waals surface area contributed by atoms with Crippen molar-refractivity contribution >= 4 is 11.8 Å². The lowest BCUT2D eigenvalue weighted by atomic mass is 10.0. The minimum absolute atomic E-state index is 0.0437. The maximum Gasteiger partial charge on any atom is 0.329 e. The van der Waals surface area contributed by atoms with Crippen molar-refractivity contribution < 1.29 is 0 Å². The van der Waals surface area contributed by atoms with Gasteiger partial charge in [0.15, 0.2) is 0 Å².